The van der Waals surface area contributed by atoms with Crippen molar-refractivity contribution in [3.63, 3.8) is 0 Å². The molecule has 3 nitrogen and oxygen atoms in total. The molecule has 0 aliphatic heterocycles. The molecule has 0 spiro atoms. The van der Waals surface area contributed by atoms with Gasteiger partial charge in [-0.1, -0.05) is 60.7 Å². The van der Waals surface area contributed by atoms with E-state index in [9.17, 15) is 5.11 Å². The van der Waals surface area contributed by atoms with E-state index in [0.717, 1.165) is 11.1 Å². The summed E-state index contributed by atoms with van der Waals surface area (Å²) in [6, 6.07) is 19.4. The predicted molar refractivity (Wildman–Crippen MR) is 80.3 cm³/mol. The summed E-state index contributed by atoms with van der Waals surface area (Å²) in [4.78, 5) is 1.98. The standard InChI is InChI=1S/C17H21NO2/c1-18(12-13-19)16(14-8-4-2-5-9-14)17(20)15-10-6-3-7-11-15/h2-11,16-17,19-20H,12-13H2,1H3/t16-,17-/m0/s1. The van der Waals surface area contributed by atoms with Crippen molar-refractivity contribution >= 4 is 0 Å². The van der Waals surface area contributed by atoms with E-state index in [1.807, 2.05) is 72.6 Å². The maximum Gasteiger partial charge on any atom is 0.0986 e. The van der Waals surface area contributed by atoms with Crippen LogP contribution in [0.15, 0.2) is 60.7 Å². The molecular formula is C17H21NO2. The Labute approximate surface area is 120 Å². The number of aliphatic hydroxyl groups excluding tert-OH is 2. The van der Waals surface area contributed by atoms with Gasteiger partial charge in [0.15, 0.2) is 0 Å². The first-order chi connectivity index (χ1) is 9.74. The molecule has 0 bridgehead atoms. The van der Waals surface area contributed by atoms with Crippen molar-refractivity contribution in [1.82, 2.24) is 4.90 Å². The Morgan fingerprint density at radius 1 is 0.900 bits per heavy atom. The molecule has 0 heterocycles. The van der Waals surface area contributed by atoms with Crippen LogP contribution >= 0.6 is 0 Å². The Bertz CT molecular complexity index is 501. The van der Waals surface area contributed by atoms with Gasteiger partial charge in [0.05, 0.1) is 18.8 Å². The number of benzene rings is 2. The lowest BCUT2D eigenvalue weighted by molar-refractivity contribution is 0.0529. The van der Waals surface area contributed by atoms with Gasteiger partial charge >= 0.3 is 0 Å². The van der Waals surface area contributed by atoms with Crippen molar-refractivity contribution in [2.75, 3.05) is 20.2 Å². The van der Waals surface area contributed by atoms with Gasteiger partial charge in [-0.15, -0.1) is 0 Å². The lowest BCUT2D eigenvalue weighted by Gasteiger charge is -2.32. The van der Waals surface area contributed by atoms with Crippen LogP contribution in [-0.2, 0) is 0 Å². The molecule has 2 aromatic rings. The molecule has 106 valence electrons. The first-order valence-corrected chi connectivity index (χ1v) is 6.83. The number of likely N-dealkylation sites (N-methyl/N-ethyl adjacent to an activating group) is 1. The van der Waals surface area contributed by atoms with Gasteiger partial charge in [-0.25, -0.2) is 0 Å². The summed E-state index contributed by atoms with van der Waals surface area (Å²) in [5, 5.41) is 19.9. The van der Waals surface area contributed by atoms with Crippen molar-refractivity contribution in [3.8, 4) is 0 Å². The second-order valence-corrected chi connectivity index (χ2v) is 4.92. The normalized spacial score (nSPS) is 14.2. The highest BCUT2D eigenvalue weighted by atomic mass is 16.3. The molecule has 2 N–H and O–H groups in total. The molecule has 0 fully saturated rings. The number of hydrogen-bond donors (Lipinski definition) is 2. The van der Waals surface area contributed by atoms with Gasteiger partial charge in [-0.3, -0.25) is 4.90 Å². The van der Waals surface area contributed by atoms with Crippen LogP contribution in [0.2, 0.25) is 0 Å². The Balaban J connectivity index is 2.31. The number of rotatable bonds is 6. The molecule has 0 saturated heterocycles. The summed E-state index contributed by atoms with van der Waals surface area (Å²) in [5.41, 5.74) is 1.92. The maximum absolute atomic E-state index is 10.7. The fourth-order valence-electron chi connectivity index (χ4n) is 2.46. The third kappa shape index (κ3) is 3.45. The lowest BCUT2D eigenvalue weighted by atomic mass is 9.94. The minimum absolute atomic E-state index is 0.0708. The van der Waals surface area contributed by atoms with Crippen LogP contribution in [0.1, 0.15) is 23.3 Å². The Kier molecular flexibility index (Phi) is 5.30. The molecule has 3 heteroatoms. The summed E-state index contributed by atoms with van der Waals surface area (Å²) in [7, 11) is 1.92. The second-order valence-electron chi connectivity index (χ2n) is 4.92. The van der Waals surface area contributed by atoms with Crippen molar-refractivity contribution in [1.29, 1.82) is 0 Å². The van der Waals surface area contributed by atoms with Gasteiger partial charge in [-0.05, 0) is 18.2 Å². The second kappa shape index (κ2) is 7.20. The maximum atomic E-state index is 10.7. The van der Waals surface area contributed by atoms with Crippen LogP contribution in [0.5, 0.6) is 0 Å². The van der Waals surface area contributed by atoms with Gasteiger partial charge < -0.3 is 10.2 Å². The minimum Gasteiger partial charge on any atom is -0.395 e. The highest BCUT2D eigenvalue weighted by Crippen LogP contribution is 2.32. The molecule has 2 aromatic carbocycles. The van der Waals surface area contributed by atoms with Gasteiger partial charge in [-0.2, -0.15) is 0 Å². The Hall–Kier alpha value is -1.68. The average Bonchev–Trinajstić information content (AvgIpc) is 2.50. The number of hydrogen-bond acceptors (Lipinski definition) is 3. The summed E-state index contributed by atoms with van der Waals surface area (Å²) in [6.45, 7) is 0.588. The van der Waals surface area contributed by atoms with Gasteiger partial charge in [0.25, 0.3) is 0 Å². The van der Waals surface area contributed by atoms with Gasteiger partial charge in [0.2, 0.25) is 0 Å². The van der Waals surface area contributed by atoms with E-state index < -0.39 is 6.10 Å². The van der Waals surface area contributed by atoms with Crippen molar-refractivity contribution < 1.29 is 10.2 Å². The molecule has 0 amide bonds. The average molecular weight is 271 g/mol. The Morgan fingerprint density at radius 2 is 1.40 bits per heavy atom. The first-order valence-electron chi connectivity index (χ1n) is 6.83. The zero-order valence-electron chi connectivity index (χ0n) is 11.7. The van der Waals surface area contributed by atoms with Crippen LogP contribution < -0.4 is 0 Å². The van der Waals surface area contributed by atoms with Crippen LogP contribution in [0.25, 0.3) is 0 Å². The minimum atomic E-state index is -0.629. The lowest BCUT2D eigenvalue weighted by Crippen LogP contribution is -2.31. The summed E-state index contributed by atoms with van der Waals surface area (Å²) >= 11 is 0. The first kappa shape index (κ1) is 14.7. The van der Waals surface area contributed by atoms with E-state index in [4.69, 9.17) is 5.11 Å². The largest absolute Gasteiger partial charge is 0.395 e. The van der Waals surface area contributed by atoms with Gasteiger partial charge in [0, 0.05) is 6.54 Å². The fraction of sp³-hybridized carbons (Fsp3) is 0.294. The van der Waals surface area contributed by atoms with E-state index in [-0.39, 0.29) is 12.6 Å². The molecular weight excluding hydrogens is 250 g/mol. The van der Waals surface area contributed by atoms with Gasteiger partial charge in [0.1, 0.15) is 0 Å². The molecule has 0 aliphatic rings. The molecule has 0 saturated carbocycles. The topological polar surface area (TPSA) is 43.7 Å². The molecule has 0 aliphatic carbocycles. The third-order valence-corrected chi connectivity index (χ3v) is 3.51. The predicted octanol–water partition coefficient (Wildman–Crippen LogP) is 2.39. The molecule has 0 unspecified atom stereocenters. The molecule has 0 radical (unpaired) electrons. The monoisotopic (exact) mass is 271 g/mol. The third-order valence-electron chi connectivity index (χ3n) is 3.51. The summed E-state index contributed by atoms with van der Waals surface area (Å²) in [5.74, 6) is 0. The summed E-state index contributed by atoms with van der Waals surface area (Å²) in [6.07, 6.45) is -0.629. The zero-order valence-corrected chi connectivity index (χ0v) is 11.7. The fourth-order valence-corrected chi connectivity index (χ4v) is 2.46. The highest BCUT2D eigenvalue weighted by molar-refractivity contribution is 5.26. The molecule has 2 atom stereocenters. The SMILES string of the molecule is CN(CCO)[C@@H](c1ccccc1)[C@@H](O)c1ccccc1. The van der Waals surface area contributed by atoms with E-state index >= 15 is 0 Å². The molecule has 20 heavy (non-hydrogen) atoms. The smallest absolute Gasteiger partial charge is 0.0986 e. The van der Waals surface area contributed by atoms with E-state index in [0.29, 0.717) is 6.54 Å². The van der Waals surface area contributed by atoms with E-state index in [2.05, 4.69) is 0 Å². The molecule has 2 rings (SSSR count). The number of aliphatic hydroxyl groups is 2. The number of nitrogens with zero attached hydrogens (tertiary/aromatic N) is 1. The van der Waals surface area contributed by atoms with Crippen LogP contribution in [0, 0.1) is 0 Å². The summed E-state index contributed by atoms with van der Waals surface area (Å²) < 4.78 is 0. The zero-order chi connectivity index (χ0) is 14.4. The van der Waals surface area contributed by atoms with E-state index in [1.54, 1.807) is 0 Å². The molecule has 0 aromatic heterocycles. The quantitative estimate of drug-likeness (QED) is 0.848. The Morgan fingerprint density at radius 3 is 1.90 bits per heavy atom. The van der Waals surface area contributed by atoms with Crippen molar-refractivity contribution in [3.05, 3.63) is 71.8 Å². The highest BCUT2D eigenvalue weighted by Gasteiger charge is 2.26. The van der Waals surface area contributed by atoms with Crippen molar-refractivity contribution in [2.45, 2.75) is 12.1 Å². The van der Waals surface area contributed by atoms with Crippen LogP contribution in [0.4, 0.5) is 0 Å². The van der Waals surface area contributed by atoms with Crippen molar-refractivity contribution in [2.24, 2.45) is 0 Å². The van der Waals surface area contributed by atoms with Crippen LogP contribution in [0.3, 0.4) is 0 Å². The van der Waals surface area contributed by atoms with E-state index in [1.165, 1.54) is 0 Å². The van der Waals surface area contributed by atoms with Crippen LogP contribution in [-0.4, -0.2) is 35.3 Å².